The molecule has 2 aliphatic rings. The van der Waals surface area contributed by atoms with Crippen molar-refractivity contribution >= 4 is 5.69 Å². The van der Waals surface area contributed by atoms with Crippen molar-refractivity contribution in [3.8, 4) is 0 Å². The first-order valence-corrected chi connectivity index (χ1v) is 7.62. The molecule has 1 aliphatic carbocycles. The van der Waals surface area contributed by atoms with Crippen molar-refractivity contribution in [3.63, 3.8) is 0 Å². The highest BCUT2D eigenvalue weighted by atomic mass is 15.3. The lowest BCUT2D eigenvalue weighted by molar-refractivity contribution is 0.126. The fraction of sp³-hybridized carbons (Fsp3) is 0.625. The van der Waals surface area contributed by atoms with E-state index >= 15 is 0 Å². The molecule has 104 valence electrons. The van der Waals surface area contributed by atoms with Crippen LogP contribution < -0.4 is 5.73 Å². The van der Waals surface area contributed by atoms with Crippen LogP contribution in [0.2, 0.25) is 0 Å². The second kappa shape index (κ2) is 5.93. The lowest BCUT2D eigenvalue weighted by Crippen LogP contribution is -2.47. The molecule has 0 atom stereocenters. The summed E-state index contributed by atoms with van der Waals surface area (Å²) in [5.41, 5.74) is 7.97. The molecular weight excluding hydrogens is 234 g/mol. The van der Waals surface area contributed by atoms with E-state index in [-0.39, 0.29) is 0 Å². The molecule has 1 saturated heterocycles. The molecule has 0 spiro atoms. The van der Waals surface area contributed by atoms with Crippen LogP contribution >= 0.6 is 0 Å². The summed E-state index contributed by atoms with van der Waals surface area (Å²) in [6, 6.07) is 9.26. The van der Waals surface area contributed by atoms with Crippen LogP contribution in [0.3, 0.4) is 0 Å². The largest absolute Gasteiger partial charge is 0.399 e. The van der Waals surface area contributed by atoms with Gasteiger partial charge in [-0.2, -0.15) is 0 Å². The van der Waals surface area contributed by atoms with Crippen molar-refractivity contribution in [2.24, 2.45) is 0 Å². The van der Waals surface area contributed by atoms with Crippen molar-refractivity contribution in [3.05, 3.63) is 29.8 Å². The number of nitrogens with two attached hydrogens (primary N) is 1. The fourth-order valence-electron chi connectivity index (χ4n) is 2.98. The van der Waals surface area contributed by atoms with Crippen molar-refractivity contribution < 1.29 is 0 Å². The first-order chi connectivity index (χ1) is 9.31. The van der Waals surface area contributed by atoms with Gasteiger partial charge in [0.1, 0.15) is 0 Å². The Balaban J connectivity index is 1.35. The number of rotatable bonds is 5. The van der Waals surface area contributed by atoms with Crippen LogP contribution in [0.4, 0.5) is 5.69 Å². The predicted octanol–water partition coefficient (Wildman–Crippen LogP) is 1.98. The SMILES string of the molecule is Nc1ccc(CCCN2CCN(C3CC3)CC2)cc1. The fourth-order valence-corrected chi connectivity index (χ4v) is 2.98. The van der Waals surface area contributed by atoms with Gasteiger partial charge in [0.05, 0.1) is 0 Å². The van der Waals surface area contributed by atoms with Gasteiger partial charge in [-0.25, -0.2) is 0 Å². The highest BCUT2D eigenvalue weighted by Gasteiger charge is 2.30. The lowest BCUT2D eigenvalue weighted by atomic mass is 10.1. The van der Waals surface area contributed by atoms with Gasteiger partial charge in [0.2, 0.25) is 0 Å². The van der Waals surface area contributed by atoms with Gasteiger partial charge in [-0.05, 0) is 49.9 Å². The standard InChI is InChI=1S/C16H25N3/c17-15-5-3-14(4-6-15)2-1-9-18-10-12-19(13-11-18)16-7-8-16/h3-6,16H,1-2,7-13,17H2. The maximum Gasteiger partial charge on any atom is 0.0314 e. The molecule has 3 nitrogen and oxygen atoms in total. The van der Waals surface area contributed by atoms with Crippen molar-refractivity contribution in [2.45, 2.75) is 31.7 Å². The number of anilines is 1. The molecule has 3 heteroatoms. The Morgan fingerprint density at radius 3 is 2.32 bits per heavy atom. The maximum absolute atomic E-state index is 5.70. The monoisotopic (exact) mass is 259 g/mol. The molecule has 0 unspecified atom stereocenters. The molecular formula is C16H25N3. The van der Waals surface area contributed by atoms with Gasteiger partial charge in [0.15, 0.2) is 0 Å². The normalized spacial score (nSPS) is 21.7. The molecule has 1 heterocycles. The minimum Gasteiger partial charge on any atom is -0.399 e. The Morgan fingerprint density at radius 2 is 1.68 bits per heavy atom. The van der Waals surface area contributed by atoms with Gasteiger partial charge < -0.3 is 10.6 Å². The summed E-state index contributed by atoms with van der Waals surface area (Å²) in [5, 5.41) is 0. The van der Waals surface area contributed by atoms with Crippen LogP contribution in [-0.2, 0) is 6.42 Å². The Hall–Kier alpha value is -1.06. The molecule has 1 aliphatic heterocycles. The van der Waals surface area contributed by atoms with Gasteiger partial charge in [-0.1, -0.05) is 12.1 Å². The molecule has 1 aromatic rings. The van der Waals surface area contributed by atoms with E-state index in [1.54, 1.807) is 0 Å². The third-order valence-corrected chi connectivity index (χ3v) is 4.39. The zero-order valence-corrected chi connectivity index (χ0v) is 11.7. The number of hydrogen-bond acceptors (Lipinski definition) is 3. The smallest absolute Gasteiger partial charge is 0.0314 e. The average molecular weight is 259 g/mol. The molecule has 2 N–H and O–H groups in total. The van der Waals surface area contributed by atoms with Crippen LogP contribution in [0.5, 0.6) is 0 Å². The van der Waals surface area contributed by atoms with E-state index in [9.17, 15) is 0 Å². The second-order valence-electron chi connectivity index (χ2n) is 5.95. The molecule has 0 aromatic heterocycles. The average Bonchev–Trinajstić information content (AvgIpc) is 3.26. The number of aryl methyl sites for hydroxylation is 1. The first kappa shape index (κ1) is 12.9. The zero-order valence-electron chi connectivity index (χ0n) is 11.7. The molecule has 0 bridgehead atoms. The van der Waals surface area contributed by atoms with Gasteiger partial charge in [-0.3, -0.25) is 4.90 Å². The molecule has 3 rings (SSSR count). The molecule has 1 aromatic carbocycles. The summed E-state index contributed by atoms with van der Waals surface area (Å²) in [7, 11) is 0. The van der Waals surface area contributed by atoms with Crippen molar-refractivity contribution in [2.75, 3.05) is 38.5 Å². The number of nitrogen functional groups attached to an aromatic ring is 1. The Kier molecular flexibility index (Phi) is 4.04. The Morgan fingerprint density at radius 1 is 1.00 bits per heavy atom. The highest BCUT2D eigenvalue weighted by molar-refractivity contribution is 5.39. The molecule has 19 heavy (non-hydrogen) atoms. The molecule has 1 saturated carbocycles. The van der Waals surface area contributed by atoms with Crippen LogP contribution in [0, 0.1) is 0 Å². The Bertz CT molecular complexity index is 389. The van der Waals surface area contributed by atoms with Crippen LogP contribution in [0.1, 0.15) is 24.8 Å². The van der Waals surface area contributed by atoms with Crippen LogP contribution in [0.15, 0.2) is 24.3 Å². The van der Waals surface area contributed by atoms with Crippen molar-refractivity contribution in [1.29, 1.82) is 0 Å². The Labute approximate surface area is 116 Å². The zero-order chi connectivity index (χ0) is 13.1. The summed E-state index contributed by atoms with van der Waals surface area (Å²) in [5.74, 6) is 0. The van der Waals surface area contributed by atoms with E-state index in [0.717, 1.165) is 11.7 Å². The number of hydrogen-bond donors (Lipinski definition) is 1. The maximum atomic E-state index is 5.70. The summed E-state index contributed by atoms with van der Waals surface area (Å²) < 4.78 is 0. The summed E-state index contributed by atoms with van der Waals surface area (Å²) in [6.07, 6.45) is 5.31. The number of piperazine rings is 1. The summed E-state index contributed by atoms with van der Waals surface area (Å²) in [6.45, 7) is 6.33. The topological polar surface area (TPSA) is 32.5 Å². The van der Waals surface area contributed by atoms with Gasteiger partial charge in [0, 0.05) is 37.9 Å². The summed E-state index contributed by atoms with van der Waals surface area (Å²) >= 11 is 0. The molecule has 0 amide bonds. The number of nitrogens with zero attached hydrogens (tertiary/aromatic N) is 2. The van der Waals surface area contributed by atoms with E-state index in [1.165, 1.54) is 64.0 Å². The quantitative estimate of drug-likeness (QED) is 0.821. The first-order valence-electron chi connectivity index (χ1n) is 7.62. The lowest BCUT2D eigenvalue weighted by Gasteiger charge is -2.34. The second-order valence-corrected chi connectivity index (χ2v) is 5.95. The van der Waals surface area contributed by atoms with Gasteiger partial charge in [0.25, 0.3) is 0 Å². The van der Waals surface area contributed by atoms with Gasteiger partial charge >= 0.3 is 0 Å². The number of benzene rings is 1. The minimum absolute atomic E-state index is 0.861. The van der Waals surface area contributed by atoms with E-state index in [0.29, 0.717) is 0 Å². The van der Waals surface area contributed by atoms with Gasteiger partial charge in [-0.15, -0.1) is 0 Å². The van der Waals surface area contributed by atoms with Crippen LogP contribution in [0.25, 0.3) is 0 Å². The third kappa shape index (κ3) is 3.71. The van der Waals surface area contributed by atoms with E-state index in [4.69, 9.17) is 5.73 Å². The third-order valence-electron chi connectivity index (χ3n) is 4.39. The highest BCUT2D eigenvalue weighted by Crippen LogP contribution is 2.27. The summed E-state index contributed by atoms with van der Waals surface area (Å²) in [4.78, 5) is 5.30. The minimum atomic E-state index is 0.861. The van der Waals surface area contributed by atoms with E-state index in [1.807, 2.05) is 12.1 Å². The molecule has 2 fully saturated rings. The van der Waals surface area contributed by atoms with E-state index in [2.05, 4.69) is 21.9 Å². The molecule has 0 radical (unpaired) electrons. The van der Waals surface area contributed by atoms with Crippen molar-refractivity contribution in [1.82, 2.24) is 9.80 Å². The van der Waals surface area contributed by atoms with E-state index < -0.39 is 0 Å². The predicted molar refractivity (Wildman–Crippen MR) is 80.2 cm³/mol. The van der Waals surface area contributed by atoms with Crippen LogP contribution in [-0.4, -0.2) is 48.6 Å².